The minimum atomic E-state index is -0.712. The van der Waals surface area contributed by atoms with Gasteiger partial charge in [-0.2, -0.15) is 0 Å². The molecule has 0 aliphatic heterocycles. The first-order valence-corrected chi connectivity index (χ1v) is 10.6. The van der Waals surface area contributed by atoms with E-state index in [9.17, 15) is 18.4 Å². The first-order valence-electron chi connectivity index (χ1n) is 10.6. The fourth-order valence-corrected chi connectivity index (χ4v) is 3.35. The average molecular weight is 475 g/mol. The van der Waals surface area contributed by atoms with Crippen molar-refractivity contribution in [2.45, 2.75) is 6.54 Å². The van der Waals surface area contributed by atoms with Gasteiger partial charge < -0.3 is 20.4 Å². The third-order valence-corrected chi connectivity index (χ3v) is 5.05. The molecule has 9 heteroatoms. The molecule has 1 amide bonds. The van der Waals surface area contributed by atoms with Crippen molar-refractivity contribution in [3.63, 3.8) is 0 Å². The summed E-state index contributed by atoms with van der Waals surface area (Å²) in [6.45, 7) is 0.166. The van der Waals surface area contributed by atoms with Gasteiger partial charge in [-0.1, -0.05) is 12.1 Å². The smallest absolute Gasteiger partial charge is 0.263 e. The molecule has 4 N–H and O–H groups in total. The predicted octanol–water partition coefficient (Wildman–Crippen LogP) is 3.96. The van der Waals surface area contributed by atoms with Crippen LogP contribution >= 0.6 is 0 Å². The van der Waals surface area contributed by atoms with E-state index in [4.69, 9.17) is 10.5 Å². The average Bonchev–Trinajstić information content (AvgIpc) is 2.85. The lowest BCUT2D eigenvalue weighted by atomic mass is 10.2. The normalized spacial score (nSPS) is 10.9. The monoisotopic (exact) mass is 475 g/mol. The number of benzene rings is 2. The van der Waals surface area contributed by atoms with Gasteiger partial charge in [0.25, 0.3) is 11.5 Å². The second-order valence-corrected chi connectivity index (χ2v) is 7.49. The predicted molar refractivity (Wildman–Crippen MR) is 127 cm³/mol. The molecule has 2 heterocycles. The summed E-state index contributed by atoms with van der Waals surface area (Å²) in [6.07, 6.45) is 6.10. The van der Waals surface area contributed by atoms with Gasteiger partial charge in [0.2, 0.25) is 5.69 Å². The maximum atomic E-state index is 14.7. The Morgan fingerprint density at radius 1 is 1.06 bits per heavy atom. The molecule has 0 bridgehead atoms. The summed E-state index contributed by atoms with van der Waals surface area (Å²) in [7, 11) is 0. The number of rotatable bonds is 7. The Morgan fingerprint density at radius 3 is 2.60 bits per heavy atom. The number of carbonyl (C=O) groups excluding carboxylic acids is 1. The van der Waals surface area contributed by atoms with E-state index in [0.29, 0.717) is 17.0 Å². The third kappa shape index (κ3) is 5.59. The number of nitrogens with zero attached hydrogens (tertiary/aromatic N) is 1. The molecule has 0 fully saturated rings. The summed E-state index contributed by atoms with van der Waals surface area (Å²) >= 11 is 0. The highest BCUT2D eigenvalue weighted by Gasteiger charge is 2.16. The van der Waals surface area contributed by atoms with Crippen molar-refractivity contribution in [1.29, 1.82) is 0 Å². The Balaban J connectivity index is 1.50. The van der Waals surface area contributed by atoms with Crippen LogP contribution in [0.2, 0.25) is 0 Å². The number of pyridine rings is 2. The summed E-state index contributed by atoms with van der Waals surface area (Å²) < 4.78 is 34.8. The van der Waals surface area contributed by atoms with Gasteiger partial charge in [-0.15, -0.1) is 0 Å². The number of hydrogen-bond donors (Lipinski definition) is 2. The molecule has 4 aromatic rings. The zero-order valence-corrected chi connectivity index (χ0v) is 18.4. The summed E-state index contributed by atoms with van der Waals surface area (Å²) in [5.74, 6) is -1.49. The molecular weight excluding hydrogens is 454 g/mol. The number of nitrogens with one attached hydrogen (secondary N) is 2. The van der Waals surface area contributed by atoms with Crippen LogP contribution in [-0.4, -0.2) is 10.5 Å². The topological polar surface area (TPSA) is 100 Å². The van der Waals surface area contributed by atoms with E-state index in [-0.39, 0.29) is 29.4 Å². The van der Waals surface area contributed by atoms with Crippen molar-refractivity contribution in [3.8, 4) is 11.5 Å². The molecule has 0 atom stereocenters. The van der Waals surface area contributed by atoms with Gasteiger partial charge in [0.05, 0.1) is 6.54 Å². The van der Waals surface area contributed by atoms with E-state index < -0.39 is 17.3 Å². The van der Waals surface area contributed by atoms with Gasteiger partial charge in [-0.25, -0.2) is 13.8 Å². The molecule has 0 unspecified atom stereocenters. The van der Waals surface area contributed by atoms with Crippen molar-refractivity contribution in [3.05, 3.63) is 124 Å². The van der Waals surface area contributed by atoms with Crippen LogP contribution in [0.3, 0.4) is 0 Å². The van der Waals surface area contributed by atoms with Crippen LogP contribution < -0.4 is 26.3 Å². The van der Waals surface area contributed by atoms with Gasteiger partial charge in [0.1, 0.15) is 11.4 Å². The minimum absolute atomic E-state index is 0.0596. The molecule has 0 aliphatic carbocycles. The number of aromatic nitrogens is 2. The van der Waals surface area contributed by atoms with E-state index in [1.807, 2.05) is 0 Å². The quantitative estimate of drug-likeness (QED) is 0.423. The number of aromatic amines is 1. The van der Waals surface area contributed by atoms with Gasteiger partial charge in [0.15, 0.2) is 23.5 Å². The van der Waals surface area contributed by atoms with Crippen molar-refractivity contribution in [2.24, 2.45) is 5.73 Å². The molecule has 176 valence electrons. The Hall–Kier alpha value is -4.79. The van der Waals surface area contributed by atoms with Gasteiger partial charge in [0, 0.05) is 36.3 Å². The van der Waals surface area contributed by atoms with Crippen molar-refractivity contribution < 1.29 is 23.3 Å². The van der Waals surface area contributed by atoms with Crippen molar-refractivity contribution in [1.82, 2.24) is 4.57 Å². The first kappa shape index (κ1) is 23.4. The molecule has 7 nitrogen and oxygen atoms in total. The second-order valence-electron chi connectivity index (χ2n) is 7.49. The SMILES string of the molecule is NC=Cc1[nH+]cccc1Oc1ccc(NC(=O)c2cccn(Cc3ccc(F)cc3)c2=O)cc1F. The van der Waals surface area contributed by atoms with Crippen LogP contribution in [0.4, 0.5) is 14.5 Å². The number of hydrogen-bond acceptors (Lipinski definition) is 4. The van der Waals surface area contributed by atoms with Gasteiger partial charge in [-0.05, 0) is 48.0 Å². The number of ether oxygens (including phenoxy) is 1. The highest BCUT2D eigenvalue weighted by Crippen LogP contribution is 2.28. The molecule has 0 radical (unpaired) electrons. The number of amides is 1. The van der Waals surface area contributed by atoms with E-state index in [1.165, 1.54) is 47.3 Å². The number of H-pyrrole nitrogens is 1. The fraction of sp³-hybridized carbons (Fsp3) is 0.0385. The molecule has 2 aromatic carbocycles. The number of halogens is 2. The molecule has 0 saturated heterocycles. The summed E-state index contributed by atoms with van der Waals surface area (Å²) in [4.78, 5) is 28.5. The van der Waals surface area contributed by atoms with Gasteiger partial charge >= 0.3 is 0 Å². The summed E-state index contributed by atoms with van der Waals surface area (Å²) in [5.41, 5.74) is 6.17. The van der Waals surface area contributed by atoms with Crippen LogP contribution in [-0.2, 0) is 6.54 Å². The molecule has 35 heavy (non-hydrogen) atoms. The first-order chi connectivity index (χ1) is 16.9. The van der Waals surface area contributed by atoms with E-state index in [2.05, 4.69) is 10.3 Å². The zero-order valence-electron chi connectivity index (χ0n) is 18.4. The Kier molecular flexibility index (Phi) is 6.96. The maximum absolute atomic E-state index is 14.7. The van der Waals surface area contributed by atoms with Crippen LogP contribution in [0.25, 0.3) is 6.08 Å². The van der Waals surface area contributed by atoms with Crippen molar-refractivity contribution in [2.75, 3.05) is 5.32 Å². The lowest BCUT2D eigenvalue weighted by Crippen LogP contribution is -2.29. The minimum Gasteiger partial charge on any atom is -0.447 e. The summed E-state index contributed by atoms with van der Waals surface area (Å²) in [5, 5.41) is 2.53. The lowest BCUT2D eigenvalue weighted by molar-refractivity contribution is -0.381. The van der Waals surface area contributed by atoms with Crippen LogP contribution in [0.5, 0.6) is 11.5 Å². The maximum Gasteiger partial charge on any atom is 0.263 e. The van der Waals surface area contributed by atoms with Crippen molar-refractivity contribution >= 4 is 17.7 Å². The number of anilines is 1. The molecule has 0 saturated carbocycles. The number of nitrogens with two attached hydrogens (primary N) is 1. The Labute approximate surface area is 199 Å². The molecule has 0 spiro atoms. The molecule has 0 aliphatic rings. The lowest BCUT2D eigenvalue weighted by Gasteiger charge is -2.11. The van der Waals surface area contributed by atoms with E-state index >= 15 is 0 Å². The third-order valence-electron chi connectivity index (χ3n) is 5.05. The second kappa shape index (κ2) is 10.4. The highest BCUT2D eigenvalue weighted by atomic mass is 19.1. The Bertz CT molecular complexity index is 1450. The summed E-state index contributed by atoms with van der Waals surface area (Å²) in [6, 6.07) is 15.9. The van der Waals surface area contributed by atoms with Crippen LogP contribution in [0.1, 0.15) is 21.6 Å². The van der Waals surface area contributed by atoms with Gasteiger partial charge in [-0.3, -0.25) is 9.59 Å². The highest BCUT2D eigenvalue weighted by molar-refractivity contribution is 6.04. The van der Waals surface area contributed by atoms with E-state index in [1.54, 1.807) is 42.6 Å². The molecule has 2 aromatic heterocycles. The zero-order chi connectivity index (χ0) is 24.8. The standard InChI is InChI=1S/C26H20F2N4O3/c27-18-7-5-17(6-8-18)16-32-14-2-3-20(26(32)34)25(33)31-19-9-10-23(21(28)15-19)35-24-4-1-13-30-22(24)11-12-29/h1-15H,16,29H2,(H,31,33)/p+1. The van der Waals surface area contributed by atoms with Crippen LogP contribution in [0, 0.1) is 11.6 Å². The molecular formula is C26H21F2N4O3+. The Morgan fingerprint density at radius 2 is 1.86 bits per heavy atom. The van der Waals surface area contributed by atoms with Crippen LogP contribution in [0.15, 0.2) is 90.1 Å². The van der Waals surface area contributed by atoms with E-state index in [0.717, 1.165) is 6.07 Å². The molecule has 4 rings (SSSR count). The fourth-order valence-electron chi connectivity index (χ4n) is 3.35. The largest absolute Gasteiger partial charge is 0.447 e. The number of carbonyl (C=O) groups is 1.